The predicted octanol–water partition coefficient (Wildman–Crippen LogP) is 4.66. The van der Waals surface area contributed by atoms with Crippen molar-refractivity contribution in [3.63, 3.8) is 0 Å². The average molecular weight is 375 g/mol. The van der Waals surface area contributed by atoms with Crippen LogP contribution >= 0.6 is 0 Å². The van der Waals surface area contributed by atoms with E-state index in [0.29, 0.717) is 11.3 Å². The van der Waals surface area contributed by atoms with Gasteiger partial charge in [-0.05, 0) is 29.8 Å². The lowest BCUT2D eigenvalue weighted by Crippen LogP contribution is -2.39. The van der Waals surface area contributed by atoms with Crippen LogP contribution in [0.25, 0.3) is 10.8 Å². The highest BCUT2D eigenvalue weighted by atomic mass is 16.6. The second-order valence-corrected chi connectivity index (χ2v) is 6.86. The van der Waals surface area contributed by atoms with Crippen LogP contribution in [0.2, 0.25) is 0 Å². The molecule has 5 nitrogen and oxygen atoms in total. The van der Waals surface area contributed by atoms with Crippen LogP contribution in [0, 0.1) is 0 Å². The molecular formula is C23H21NO4. The minimum absolute atomic E-state index is 0.0196. The maximum absolute atomic E-state index is 12.3. The first kappa shape index (κ1) is 18.0. The number of para-hydroxylation sites is 1. The number of alkyl carbamates (subject to hydrolysis) is 1. The van der Waals surface area contributed by atoms with Gasteiger partial charge in [0.05, 0.1) is 12.1 Å². The highest BCUT2D eigenvalue weighted by Gasteiger charge is 2.26. The number of carbonyl (C=O) groups excluding carboxylic acids is 2. The number of amides is 1. The first-order chi connectivity index (χ1) is 13.6. The van der Waals surface area contributed by atoms with E-state index in [1.165, 1.54) is 0 Å². The molecular weight excluding hydrogens is 354 g/mol. The predicted molar refractivity (Wildman–Crippen MR) is 107 cm³/mol. The highest BCUT2D eigenvalue weighted by molar-refractivity contribution is 5.99. The smallest absolute Gasteiger partial charge is 0.407 e. The summed E-state index contributed by atoms with van der Waals surface area (Å²) < 4.78 is 11.4. The van der Waals surface area contributed by atoms with Gasteiger partial charge in [0.15, 0.2) is 5.78 Å². The van der Waals surface area contributed by atoms with Gasteiger partial charge in [-0.2, -0.15) is 0 Å². The lowest BCUT2D eigenvalue weighted by Gasteiger charge is -2.25. The van der Waals surface area contributed by atoms with Crippen LogP contribution in [-0.4, -0.2) is 24.5 Å². The van der Waals surface area contributed by atoms with Crippen molar-refractivity contribution >= 4 is 22.6 Å². The van der Waals surface area contributed by atoms with Crippen molar-refractivity contribution in [3.8, 4) is 5.75 Å². The summed E-state index contributed by atoms with van der Waals surface area (Å²) >= 11 is 0. The lowest BCUT2D eigenvalue weighted by atomic mass is 10.0. The van der Waals surface area contributed by atoms with E-state index in [9.17, 15) is 9.59 Å². The van der Waals surface area contributed by atoms with Crippen molar-refractivity contribution in [1.82, 2.24) is 5.32 Å². The molecule has 0 aromatic heterocycles. The minimum Gasteiger partial charge on any atom is -0.487 e. The summed E-state index contributed by atoms with van der Waals surface area (Å²) in [6.07, 6.45) is -1.10. The van der Waals surface area contributed by atoms with Crippen LogP contribution in [0.1, 0.15) is 35.4 Å². The van der Waals surface area contributed by atoms with Crippen molar-refractivity contribution in [3.05, 3.63) is 77.9 Å². The summed E-state index contributed by atoms with van der Waals surface area (Å²) in [6.45, 7) is 2.05. The molecule has 3 aromatic carbocycles. The van der Waals surface area contributed by atoms with Crippen LogP contribution in [0.5, 0.6) is 5.75 Å². The first-order valence-corrected chi connectivity index (χ1v) is 9.33. The van der Waals surface area contributed by atoms with Gasteiger partial charge < -0.3 is 14.8 Å². The minimum atomic E-state index is -0.532. The Kier molecular flexibility index (Phi) is 4.98. The summed E-state index contributed by atoms with van der Waals surface area (Å²) in [7, 11) is 0. The summed E-state index contributed by atoms with van der Waals surface area (Å²) in [6, 6.07) is 21.1. The zero-order valence-corrected chi connectivity index (χ0v) is 15.6. The molecule has 142 valence electrons. The van der Waals surface area contributed by atoms with E-state index in [1.807, 2.05) is 61.5 Å². The third-order valence-electron chi connectivity index (χ3n) is 4.91. The maximum atomic E-state index is 12.3. The Bertz CT molecular complexity index is 1020. The number of fused-ring (bicyclic) bond motifs is 2. The molecule has 1 amide bonds. The Morgan fingerprint density at radius 3 is 2.75 bits per heavy atom. The number of carbonyl (C=O) groups is 2. The highest BCUT2D eigenvalue weighted by Crippen LogP contribution is 2.28. The maximum Gasteiger partial charge on any atom is 0.407 e. The van der Waals surface area contributed by atoms with Crippen LogP contribution < -0.4 is 10.1 Å². The standard InChI is InChI=1S/C23H21NO4/c1-15(18-11-6-8-16-7-2-3-9-19(16)18)27-23(26)24-14-17-13-21(25)20-10-4-5-12-22(20)28-17/h2-12,15,17H,13-14H2,1H3,(H,24,26)/t15-,17?/m1/s1. The Balaban J connectivity index is 1.37. The zero-order valence-electron chi connectivity index (χ0n) is 15.6. The molecule has 3 aromatic rings. The van der Waals surface area contributed by atoms with E-state index in [1.54, 1.807) is 12.1 Å². The Morgan fingerprint density at radius 2 is 1.86 bits per heavy atom. The normalized spacial score (nSPS) is 16.8. The molecule has 2 atom stereocenters. The number of rotatable bonds is 4. The van der Waals surface area contributed by atoms with Crippen molar-refractivity contribution in [2.24, 2.45) is 0 Å². The second kappa shape index (κ2) is 7.72. The van der Waals surface area contributed by atoms with Crippen LogP contribution in [-0.2, 0) is 4.74 Å². The molecule has 0 bridgehead atoms. The second-order valence-electron chi connectivity index (χ2n) is 6.86. The molecule has 0 saturated carbocycles. The molecule has 0 saturated heterocycles. The number of nitrogens with one attached hydrogen (secondary N) is 1. The molecule has 0 fully saturated rings. The largest absolute Gasteiger partial charge is 0.487 e. The molecule has 1 unspecified atom stereocenters. The molecule has 0 aliphatic carbocycles. The quantitative estimate of drug-likeness (QED) is 0.720. The molecule has 1 heterocycles. The van der Waals surface area contributed by atoms with Gasteiger partial charge in [0.1, 0.15) is 18.0 Å². The van der Waals surface area contributed by atoms with Gasteiger partial charge in [0, 0.05) is 12.0 Å². The number of Topliss-reactive ketones (excluding diaryl/α,β-unsaturated/α-hetero) is 1. The van der Waals surface area contributed by atoms with E-state index in [4.69, 9.17) is 9.47 Å². The van der Waals surface area contributed by atoms with Crippen LogP contribution in [0.4, 0.5) is 4.79 Å². The third kappa shape index (κ3) is 3.69. The number of benzene rings is 3. The monoisotopic (exact) mass is 375 g/mol. The average Bonchev–Trinajstić information content (AvgIpc) is 2.72. The van der Waals surface area contributed by atoms with Crippen LogP contribution in [0.3, 0.4) is 0 Å². The molecule has 0 radical (unpaired) electrons. The molecule has 4 rings (SSSR count). The zero-order chi connectivity index (χ0) is 19.5. The Labute approximate surface area is 163 Å². The van der Waals surface area contributed by atoms with E-state index in [0.717, 1.165) is 16.3 Å². The van der Waals surface area contributed by atoms with Gasteiger partial charge in [-0.25, -0.2) is 4.79 Å². The van der Waals surface area contributed by atoms with Crippen molar-refractivity contribution in [2.45, 2.75) is 25.6 Å². The van der Waals surface area contributed by atoms with Gasteiger partial charge in [0.2, 0.25) is 0 Å². The lowest BCUT2D eigenvalue weighted by molar-refractivity contribution is 0.0812. The fourth-order valence-electron chi connectivity index (χ4n) is 3.52. The molecule has 5 heteroatoms. The van der Waals surface area contributed by atoms with Crippen molar-refractivity contribution in [2.75, 3.05) is 6.54 Å². The first-order valence-electron chi connectivity index (χ1n) is 9.33. The van der Waals surface area contributed by atoms with Crippen molar-refractivity contribution in [1.29, 1.82) is 0 Å². The fourth-order valence-corrected chi connectivity index (χ4v) is 3.52. The molecule has 0 spiro atoms. The van der Waals surface area contributed by atoms with Gasteiger partial charge in [-0.3, -0.25) is 4.79 Å². The molecule has 1 aliphatic rings. The van der Waals surface area contributed by atoms with E-state index in [-0.39, 0.29) is 18.7 Å². The summed E-state index contributed by atoms with van der Waals surface area (Å²) in [4.78, 5) is 24.5. The number of hydrogen-bond acceptors (Lipinski definition) is 4. The topological polar surface area (TPSA) is 64.6 Å². The van der Waals surface area contributed by atoms with Gasteiger partial charge in [-0.1, -0.05) is 54.6 Å². The summed E-state index contributed by atoms with van der Waals surface area (Å²) in [5, 5.41) is 4.87. The summed E-state index contributed by atoms with van der Waals surface area (Å²) in [5.41, 5.74) is 1.54. The van der Waals surface area contributed by atoms with E-state index in [2.05, 4.69) is 5.32 Å². The van der Waals surface area contributed by atoms with Gasteiger partial charge in [0.25, 0.3) is 0 Å². The van der Waals surface area contributed by atoms with Gasteiger partial charge >= 0.3 is 6.09 Å². The van der Waals surface area contributed by atoms with E-state index < -0.39 is 18.3 Å². The molecule has 28 heavy (non-hydrogen) atoms. The Morgan fingerprint density at radius 1 is 1.11 bits per heavy atom. The number of ether oxygens (including phenoxy) is 2. The van der Waals surface area contributed by atoms with E-state index >= 15 is 0 Å². The SMILES string of the molecule is C[C@@H](OC(=O)NCC1CC(=O)c2ccccc2O1)c1cccc2ccccc12. The number of hydrogen-bond donors (Lipinski definition) is 1. The number of ketones is 1. The molecule has 1 N–H and O–H groups in total. The Hall–Kier alpha value is -3.34. The van der Waals surface area contributed by atoms with Crippen LogP contribution in [0.15, 0.2) is 66.7 Å². The molecule has 1 aliphatic heterocycles. The third-order valence-corrected chi connectivity index (χ3v) is 4.91. The summed E-state index contributed by atoms with van der Waals surface area (Å²) in [5.74, 6) is 0.578. The van der Waals surface area contributed by atoms with Crippen molar-refractivity contribution < 1.29 is 19.1 Å². The van der Waals surface area contributed by atoms with Gasteiger partial charge in [-0.15, -0.1) is 0 Å². The fraction of sp³-hybridized carbons (Fsp3) is 0.217.